The Morgan fingerprint density at radius 3 is 1.69 bits per heavy atom. The van der Waals surface area contributed by atoms with Crippen LogP contribution in [0.2, 0.25) is 0 Å². The highest BCUT2D eigenvalue weighted by molar-refractivity contribution is 7.10. The number of carboxylic acid groups (broad SMARTS) is 2. The van der Waals surface area contributed by atoms with Crippen molar-refractivity contribution in [1.29, 1.82) is 0 Å². The summed E-state index contributed by atoms with van der Waals surface area (Å²) in [7, 11) is 0. The number of aliphatic hydroxyl groups is 4. The molecule has 0 spiro atoms. The van der Waals surface area contributed by atoms with E-state index < -0.39 is 141 Å². The van der Waals surface area contributed by atoms with Crippen molar-refractivity contribution in [3.05, 3.63) is 70.0 Å². The summed E-state index contributed by atoms with van der Waals surface area (Å²) < 4.78 is 76.8. The summed E-state index contributed by atoms with van der Waals surface area (Å²) >= 11 is 1.38. The molecule has 62 heavy (non-hydrogen) atoms. The van der Waals surface area contributed by atoms with Crippen molar-refractivity contribution in [1.82, 2.24) is 0 Å². The van der Waals surface area contributed by atoms with E-state index >= 15 is 17.6 Å². The topological polar surface area (TPSA) is 208 Å². The normalized spacial score (nSPS) is 53.1. The molecule has 2 heterocycles. The van der Waals surface area contributed by atoms with Crippen LogP contribution in [0.4, 0.5) is 17.6 Å². The van der Waals surface area contributed by atoms with Crippen molar-refractivity contribution in [2.75, 3.05) is 0 Å². The lowest BCUT2D eigenvalue weighted by Gasteiger charge is -2.62. The first-order chi connectivity index (χ1) is 28.8. The van der Waals surface area contributed by atoms with Gasteiger partial charge in [-0.2, -0.15) is 0 Å². The zero-order chi connectivity index (χ0) is 45.1. The molecule has 1 aliphatic heterocycles. The number of halogens is 4. The lowest BCUT2D eigenvalue weighted by molar-refractivity contribution is -0.239. The molecule has 6 saturated carbocycles. The Kier molecular flexibility index (Phi) is 9.50. The number of thiophene rings is 1. The van der Waals surface area contributed by atoms with Crippen LogP contribution < -0.4 is 0 Å². The third kappa shape index (κ3) is 4.99. The fraction of sp³-hybridized carbons (Fsp3) is 0.644. The highest BCUT2D eigenvalue weighted by Crippen LogP contribution is 2.73. The van der Waals surface area contributed by atoms with Gasteiger partial charge in [0.2, 0.25) is 0 Å². The number of allylic oxidation sites excluding steroid dienone is 8. The molecule has 1 aromatic heterocycles. The van der Waals surface area contributed by atoms with Crippen molar-refractivity contribution in [2.45, 2.75) is 132 Å². The lowest BCUT2D eigenvalue weighted by atomic mass is 9.44. The minimum Gasteiger partial charge on any atom is -0.479 e. The molecule has 1 saturated heterocycles. The number of ketones is 2. The molecular weight excluding hydrogens is 841 g/mol. The van der Waals surface area contributed by atoms with Crippen LogP contribution in [0.15, 0.2) is 65.1 Å². The molecule has 0 radical (unpaired) electrons. The van der Waals surface area contributed by atoms with E-state index in [9.17, 15) is 49.8 Å². The first kappa shape index (κ1) is 43.7. The minimum absolute atomic E-state index is 0.0338. The van der Waals surface area contributed by atoms with Crippen molar-refractivity contribution in [3.8, 4) is 0 Å². The summed E-state index contributed by atoms with van der Waals surface area (Å²) in [6.07, 6.45) is -3.93. The standard InChI is InChI=1S/C25H26F2O6S.C20H24F2O6/c1-22-6-5-12(28)8-15(22)16(26)9-14-13-10-19-25(21(30)31,23(13,2)11-18(29)24(14,22)27)33-20(32-19)17-4-3-7-34-17;1-17-4-3-9(23)5-12(17)13(21)6-11-10-7-14(24)20(28,16(26)27)18(10,2)8-15(25)19(11,17)22/h3-8,13-14,16,18-20,29H,9-11H2,1-2H3,(H,30,31);3-5,10-11,13-15,24-25,28H,6-8H2,1-2H3,(H,26,27)/t13-,14-,16-,18-,19+,20?,22-,23-,24-,25-;10-,11-,13-,14+,15-,17-,18-,19-,20-/m00/s1. The molecule has 1 aromatic rings. The number of carbonyl (C=O) groups is 4. The van der Waals surface area contributed by atoms with E-state index in [1.165, 1.54) is 50.3 Å². The fourth-order valence-corrected chi connectivity index (χ4v) is 15.2. The number of carboxylic acids is 2. The van der Waals surface area contributed by atoms with E-state index in [-0.39, 0.29) is 43.3 Å². The number of fused-ring (bicyclic) bond motifs is 12. The third-order valence-corrected chi connectivity index (χ3v) is 18.5. The summed E-state index contributed by atoms with van der Waals surface area (Å²) in [6, 6.07) is 3.62. The molecule has 9 aliphatic rings. The number of aliphatic hydroxyl groups excluding tert-OH is 3. The number of hydrogen-bond donors (Lipinski definition) is 6. The Hall–Kier alpha value is -3.58. The largest absolute Gasteiger partial charge is 0.479 e. The lowest BCUT2D eigenvalue weighted by Crippen LogP contribution is -2.70. The smallest absolute Gasteiger partial charge is 0.339 e. The first-order valence-corrected chi connectivity index (χ1v) is 21.9. The number of rotatable bonds is 3. The SMILES string of the molecule is C[C@]12C=CC(=O)C=C1[C@@H](F)C[C@H]1[C@@H]3C[C@@H](O)[C@](O)(C(=O)O)[C@@]3(C)C[C@H](O)[C@@]12F.C[C@]12C=CC(=O)C=C1[C@@H](F)C[C@H]1[C@@H]3C[C@H]4OC(c5cccs5)O[C@@]4(C(=O)O)[C@@]3(C)C[C@H](O)[C@@]12F. The predicted molar refractivity (Wildman–Crippen MR) is 210 cm³/mol. The molecule has 7 fully saturated rings. The molecule has 19 atom stereocenters. The van der Waals surface area contributed by atoms with Crippen LogP contribution in [0.25, 0.3) is 0 Å². The average molecular weight is 891 g/mol. The zero-order valence-electron chi connectivity index (χ0n) is 34.3. The molecule has 17 heteroatoms. The Bertz CT molecular complexity index is 2270. The van der Waals surface area contributed by atoms with Gasteiger partial charge < -0.3 is 40.1 Å². The molecule has 0 amide bonds. The van der Waals surface area contributed by atoms with Crippen molar-refractivity contribution >= 4 is 34.8 Å². The van der Waals surface area contributed by atoms with Crippen LogP contribution >= 0.6 is 11.3 Å². The Morgan fingerprint density at radius 2 is 1.23 bits per heavy atom. The molecule has 1 unspecified atom stereocenters. The molecule has 0 aromatic carbocycles. The van der Waals surface area contributed by atoms with Gasteiger partial charge in [-0.1, -0.05) is 32.1 Å². The summed E-state index contributed by atoms with van der Waals surface area (Å²) in [5.41, 5.74) is -14.8. The first-order valence-electron chi connectivity index (χ1n) is 21.0. The second-order valence-electron chi connectivity index (χ2n) is 19.9. The zero-order valence-corrected chi connectivity index (χ0v) is 35.2. The number of ether oxygens (including phenoxy) is 2. The highest BCUT2D eigenvalue weighted by atomic mass is 32.1. The number of aliphatic carboxylic acids is 2. The molecule has 8 aliphatic carbocycles. The van der Waals surface area contributed by atoms with Gasteiger partial charge in [0.25, 0.3) is 0 Å². The maximum atomic E-state index is 17.2. The van der Waals surface area contributed by atoms with Crippen LogP contribution in [-0.4, -0.2) is 113 Å². The highest BCUT2D eigenvalue weighted by Gasteiger charge is 2.81. The number of alkyl halides is 4. The molecular formula is C45H50F4O12S. The number of carbonyl (C=O) groups excluding carboxylic acids is 2. The molecule has 0 bridgehead atoms. The van der Waals surface area contributed by atoms with Crippen LogP contribution in [0.1, 0.15) is 77.4 Å². The van der Waals surface area contributed by atoms with Crippen molar-refractivity contribution in [3.63, 3.8) is 0 Å². The average Bonchev–Trinajstić information content (AvgIpc) is 3.96. The summed E-state index contributed by atoms with van der Waals surface area (Å²) in [5, 5.41) is 65.4. The molecule has 10 rings (SSSR count). The quantitative estimate of drug-likeness (QED) is 0.222. The predicted octanol–water partition coefficient (Wildman–Crippen LogP) is 5.01. The summed E-state index contributed by atoms with van der Waals surface area (Å²) in [4.78, 5) is 49.0. The maximum absolute atomic E-state index is 17.2. The van der Waals surface area contributed by atoms with E-state index in [4.69, 9.17) is 9.47 Å². The second kappa shape index (κ2) is 13.5. The number of hydrogen-bond acceptors (Lipinski definition) is 11. The fourth-order valence-electron chi connectivity index (χ4n) is 14.5. The molecule has 6 N–H and O–H groups in total. The van der Waals surface area contributed by atoms with Gasteiger partial charge >= 0.3 is 11.9 Å². The monoisotopic (exact) mass is 890 g/mol. The van der Waals surface area contributed by atoms with Gasteiger partial charge in [-0.15, -0.1) is 11.3 Å². The van der Waals surface area contributed by atoms with E-state index in [0.29, 0.717) is 0 Å². The Balaban J connectivity index is 0.000000161. The van der Waals surface area contributed by atoms with Crippen LogP contribution in [-0.2, 0) is 28.7 Å². The van der Waals surface area contributed by atoms with E-state index in [0.717, 1.165) is 23.1 Å². The molecule has 336 valence electrons. The van der Waals surface area contributed by atoms with Crippen LogP contribution in [0.5, 0.6) is 0 Å². The van der Waals surface area contributed by atoms with Gasteiger partial charge in [0.1, 0.15) is 18.4 Å². The van der Waals surface area contributed by atoms with Crippen LogP contribution in [0, 0.1) is 45.3 Å². The molecule has 12 nitrogen and oxygen atoms in total. The third-order valence-electron chi connectivity index (χ3n) is 17.6. The van der Waals surface area contributed by atoms with Crippen molar-refractivity contribution in [2.24, 2.45) is 45.3 Å². The maximum Gasteiger partial charge on any atom is 0.339 e. The summed E-state index contributed by atoms with van der Waals surface area (Å²) in [6.45, 7) is 6.07. The summed E-state index contributed by atoms with van der Waals surface area (Å²) in [5.74, 6) is -7.31. The van der Waals surface area contributed by atoms with Crippen molar-refractivity contribution < 1.29 is 76.9 Å². The van der Waals surface area contributed by atoms with Gasteiger partial charge in [0, 0.05) is 33.5 Å². The van der Waals surface area contributed by atoms with Gasteiger partial charge in [-0.05, 0) is 111 Å². The van der Waals surface area contributed by atoms with Gasteiger partial charge in [-0.25, -0.2) is 27.2 Å². The van der Waals surface area contributed by atoms with Gasteiger partial charge in [0.15, 0.2) is 40.4 Å². The second-order valence-corrected chi connectivity index (χ2v) is 20.9. The van der Waals surface area contributed by atoms with E-state index in [1.807, 2.05) is 11.4 Å². The van der Waals surface area contributed by atoms with Crippen LogP contribution in [0.3, 0.4) is 0 Å². The van der Waals surface area contributed by atoms with Gasteiger partial charge in [0.05, 0.1) is 23.2 Å². The minimum atomic E-state index is -2.57. The van der Waals surface area contributed by atoms with Gasteiger partial charge in [-0.3, -0.25) is 9.59 Å². The van der Waals surface area contributed by atoms with E-state index in [1.54, 1.807) is 13.0 Å². The Labute approximate surface area is 358 Å². The van der Waals surface area contributed by atoms with E-state index in [2.05, 4.69) is 0 Å². The Morgan fingerprint density at radius 1 is 0.726 bits per heavy atom.